The van der Waals surface area contributed by atoms with Crippen LogP contribution in [0.3, 0.4) is 0 Å². The number of fused-ring (bicyclic) bond motifs is 1. The molecule has 9 heteroatoms. The summed E-state index contributed by atoms with van der Waals surface area (Å²) in [7, 11) is -4.13. The van der Waals surface area contributed by atoms with Crippen molar-refractivity contribution in [3.8, 4) is 5.75 Å². The number of hydrogen-bond acceptors (Lipinski definition) is 8. The Bertz CT molecular complexity index is 743. The average molecular weight is 408 g/mol. The van der Waals surface area contributed by atoms with E-state index in [9.17, 15) is 14.4 Å². The lowest BCUT2D eigenvalue weighted by atomic mass is 9.93. The first kappa shape index (κ1) is 20.3. The van der Waals surface area contributed by atoms with Crippen molar-refractivity contribution in [3.05, 3.63) is 23.8 Å². The molecule has 2 aliphatic rings. The summed E-state index contributed by atoms with van der Waals surface area (Å²) in [5, 5.41) is 0.304. The van der Waals surface area contributed by atoms with Crippen molar-refractivity contribution in [2.75, 3.05) is 0 Å². The van der Waals surface area contributed by atoms with Gasteiger partial charge in [0.25, 0.3) is 17.9 Å². The number of benzene rings is 1. The SMILES string of the molecule is CC(=O)O[Si](OC(C)=O)(OC(C)=O)c1ccc2c(c1)COC1(CCCCC1)O2. The van der Waals surface area contributed by atoms with Gasteiger partial charge >= 0.3 is 8.80 Å². The highest BCUT2D eigenvalue weighted by Crippen LogP contribution is 2.39. The minimum absolute atomic E-state index is 0.299. The van der Waals surface area contributed by atoms with Gasteiger partial charge in [-0.25, -0.2) is 0 Å². The molecule has 1 heterocycles. The summed E-state index contributed by atoms with van der Waals surface area (Å²) in [6.45, 7) is 3.78. The standard InChI is InChI=1S/C19H24O8Si/c1-13(20)25-28(26-14(2)21,27-15(3)22)17-7-8-18-16(11-17)12-23-19(24-18)9-5-4-6-10-19/h7-8,11H,4-6,9-10,12H2,1-3H3. The normalized spacial score (nSPS) is 17.8. The van der Waals surface area contributed by atoms with E-state index in [2.05, 4.69) is 0 Å². The van der Waals surface area contributed by atoms with Crippen molar-refractivity contribution in [2.24, 2.45) is 0 Å². The Morgan fingerprint density at radius 1 is 0.929 bits per heavy atom. The third-order valence-electron chi connectivity index (χ3n) is 4.65. The van der Waals surface area contributed by atoms with Gasteiger partial charge in [-0.1, -0.05) is 6.42 Å². The first-order valence-corrected chi connectivity index (χ1v) is 11.0. The summed E-state index contributed by atoms with van der Waals surface area (Å²) in [6, 6.07) is 4.95. The van der Waals surface area contributed by atoms with Crippen molar-refractivity contribution < 1.29 is 37.1 Å². The summed E-state index contributed by atoms with van der Waals surface area (Å²) in [5.74, 6) is -2.10. The molecular formula is C19H24O8Si. The smallest absolute Gasteiger partial charge is 0.462 e. The number of rotatable bonds is 4. The molecule has 1 spiro atoms. The number of ether oxygens (including phenoxy) is 2. The van der Waals surface area contributed by atoms with E-state index in [0.717, 1.165) is 46.5 Å². The van der Waals surface area contributed by atoms with Crippen LogP contribution in [0.15, 0.2) is 18.2 Å². The molecule has 28 heavy (non-hydrogen) atoms. The van der Waals surface area contributed by atoms with Gasteiger partial charge in [-0.15, -0.1) is 0 Å². The van der Waals surface area contributed by atoms with Crippen LogP contribution in [0.1, 0.15) is 58.4 Å². The highest BCUT2D eigenvalue weighted by Gasteiger charge is 2.55. The summed E-state index contributed by atoms with van der Waals surface area (Å²) < 4.78 is 28.0. The first-order chi connectivity index (χ1) is 13.2. The Kier molecular flexibility index (Phi) is 5.76. The number of carbonyl (C=O) groups excluding carboxylic acids is 3. The van der Waals surface area contributed by atoms with Crippen molar-refractivity contribution in [1.29, 1.82) is 0 Å². The van der Waals surface area contributed by atoms with Gasteiger partial charge in [-0.3, -0.25) is 14.4 Å². The van der Waals surface area contributed by atoms with Gasteiger partial charge < -0.3 is 22.8 Å². The van der Waals surface area contributed by atoms with Crippen LogP contribution in [0.25, 0.3) is 0 Å². The van der Waals surface area contributed by atoms with Gasteiger partial charge in [0.05, 0.1) is 11.8 Å². The molecule has 1 aliphatic carbocycles. The average Bonchev–Trinajstić information content (AvgIpc) is 2.60. The third kappa shape index (κ3) is 4.36. The number of hydrogen-bond donors (Lipinski definition) is 0. The maximum atomic E-state index is 11.7. The molecule has 1 aromatic rings. The second-order valence-electron chi connectivity index (χ2n) is 7.02. The van der Waals surface area contributed by atoms with Gasteiger partial charge in [0.2, 0.25) is 5.79 Å². The quantitative estimate of drug-likeness (QED) is 0.699. The van der Waals surface area contributed by atoms with Crippen molar-refractivity contribution >= 4 is 31.9 Å². The minimum atomic E-state index is -4.13. The van der Waals surface area contributed by atoms with Crippen LogP contribution in [-0.2, 0) is 39.0 Å². The molecule has 8 nitrogen and oxygen atoms in total. The van der Waals surface area contributed by atoms with Crippen LogP contribution in [0.4, 0.5) is 0 Å². The summed E-state index contributed by atoms with van der Waals surface area (Å²) >= 11 is 0. The lowest BCUT2D eigenvalue weighted by Gasteiger charge is -2.41. The molecule has 3 rings (SSSR count). The van der Waals surface area contributed by atoms with Crippen LogP contribution >= 0.6 is 0 Å². The third-order valence-corrected chi connectivity index (χ3v) is 7.34. The predicted molar refractivity (Wildman–Crippen MR) is 98.4 cm³/mol. The zero-order valence-electron chi connectivity index (χ0n) is 16.2. The Morgan fingerprint density at radius 3 is 2.04 bits per heavy atom. The molecule has 1 saturated carbocycles. The fraction of sp³-hybridized carbons (Fsp3) is 0.526. The molecule has 0 aromatic heterocycles. The second-order valence-corrected chi connectivity index (χ2v) is 9.32. The fourth-order valence-corrected chi connectivity index (χ4v) is 5.82. The van der Waals surface area contributed by atoms with E-state index in [0.29, 0.717) is 23.1 Å². The summed E-state index contributed by atoms with van der Waals surface area (Å²) in [6.07, 6.45) is 4.94. The van der Waals surface area contributed by atoms with E-state index in [1.807, 2.05) is 0 Å². The highest BCUT2D eigenvalue weighted by molar-refractivity contribution is 6.79. The molecule has 0 N–H and O–H groups in total. The predicted octanol–water partition coefficient (Wildman–Crippen LogP) is 2.09. The largest absolute Gasteiger partial charge is 0.742 e. The molecule has 1 fully saturated rings. The zero-order chi connectivity index (χ0) is 20.4. The fourth-order valence-electron chi connectivity index (χ4n) is 3.57. The maximum absolute atomic E-state index is 11.7. The molecule has 1 aromatic carbocycles. The molecule has 0 unspecified atom stereocenters. The molecular weight excluding hydrogens is 384 g/mol. The molecule has 0 radical (unpaired) electrons. The van der Waals surface area contributed by atoms with E-state index in [1.54, 1.807) is 18.2 Å². The Morgan fingerprint density at radius 2 is 1.50 bits per heavy atom. The lowest BCUT2D eigenvalue weighted by Crippen LogP contribution is -2.59. The van der Waals surface area contributed by atoms with Crippen LogP contribution in [-0.4, -0.2) is 32.5 Å². The minimum Gasteiger partial charge on any atom is -0.462 e. The van der Waals surface area contributed by atoms with Crippen molar-refractivity contribution in [3.63, 3.8) is 0 Å². The lowest BCUT2D eigenvalue weighted by molar-refractivity contribution is -0.222. The first-order valence-electron chi connectivity index (χ1n) is 9.29. The van der Waals surface area contributed by atoms with Crippen LogP contribution in [0, 0.1) is 0 Å². The van der Waals surface area contributed by atoms with E-state index >= 15 is 0 Å². The van der Waals surface area contributed by atoms with Crippen molar-refractivity contribution in [2.45, 2.75) is 65.3 Å². The van der Waals surface area contributed by atoms with Gasteiger partial charge in [-0.05, 0) is 31.0 Å². The molecule has 0 amide bonds. The Balaban J connectivity index is 1.96. The van der Waals surface area contributed by atoms with Crippen LogP contribution < -0.4 is 9.92 Å². The van der Waals surface area contributed by atoms with Crippen LogP contribution in [0.5, 0.6) is 5.75 Å². The molecule has 0 atom stereocenters. The summed E-state index contributed by atoms with van der Waals surface area (Å²) in [5.41, 5.74) is 0.706. The molecule has 0 bridgehead atoms. The van der Waals surface area contributed by atoms with Crippen molar-refractivity contribution in [1.82, 2.24) is 0 Å². The van der Waals surface area contributed by atoms with Crippen LogP contribution in [0.2, 0.25) is 0 Å². The Labute approximate surface area is 164 Å². The second kappa shape index (κ2) is 7.92. The molecule has 0 saturated heterocycles. The van der Waals surface area contributed by atoms with E-state index < -0.39 is 32.5 Å². The van der Waals surface area contributed by atoms with E-state index in [-0.39, 0.29) is 0 Å². The van der Waals surface area contributed by atoms with Gasteiger partial charge in [0, 0.05) is 39.2 Å². The van der Waals surface area contributed by atoms with Gasteiger partial charge in [0.1, 0.15) is 5.75 Å². The molecule has 152 valence electrons. The Hall–Kier alpha value is -2.39. The zero-order valence-corrected chi connectivity index (χ0v) is 17.2. The van der Waals surface area contributed by atoms with E-state index in [1.165, 1.54) is 6.42 Å². The molecule has 1 aliphatic heterocycles. The maximum Gasteiger partial charge on any atom is 0.742 e. The van der Waals surface area contributed by atoms with Gasteiger partial charge in [0.15, 0.2) is 0 Å². The summed E-state index contributed by atoms with van der Waals surface area (Å²) in [4.78, 5) is 35.0. The monoisotopic (exact) mass is 408 g/mol. The number of carbonyl (C=O) groups is 3. The van der Waals surface area contributed by atoms with Gasteiger partial charge in [-0.2, -0.15) is 0 Å². The van der Waals surface area contributed by atoms with E-state index in [4.69, 9.17) is 22.8 Å². The highest BCUT2D eigenvalue weighted by atomic mass is 28.4. The topological polar surface area (TPSA) is 97.4 Å².